The zero-order chi connectivity index (χ0) is 20.1. The van der Waals surface area contributed by atoms with E-state index in [1.807, 2.05) is 30.3 Å². The Labute approximate surface area is 174 Å². The van der Waals surface area contributed by atoms with Crippen LogP contribution in [0.3, 0.4) is 0 Å². The van der Waals surface area contributed by atoms with E-state index in [0.29, 0.717) is 30.4 Å². The summed E-state index contributed by atoms with van der Waals surface area (Å²) in [6.45, 7) is 0. The fraction of sp³-hybridized carbons (Fsp3) is 0.174. The highest BCUT2D eigenvalue weighted by molar-refractivity contribution is 5.94. The summed E-state index contributed by atoms with van der Waals surface area (Å²) < 4.78 is 39.2. The van der Waals surface area contributed by atoms with Gasteiger partial charge in [0.15, 0.2) is 0 Å². The molecular weight excluding hydrogens is 399 g/mol. The lowest BCUT2D eigenvalue weighted by Crippen LogP contribution is -2.10. The molecule has 2 nitrogen and oxygen atoms in total. The molecular formula is C23H21ClF3NO. The highest BCUT2D eigenvalue weighted by Gasteiger charge is 2.32. The number of carbonyl (C=O) groups excluding carboxylic acids is 1. The number of halogens is 4. The Hall–Kier alpha value is -2.79. The summed E-state index contributed by atoms with van der Waals surface area (Å²) >= 11 is 0. The molecule has 0 aliphatic carbocycles. The minimum Gasteiger partial charge on any atom is -0.366 e. The van der Waals surface area contributed by atoms with Gasteiger partial charge in [0.2, 0.25) is 5.91 Å². The average Bonchev–Trinajstić information content (AvgIpc) is 2.68. The molecule has 0 spiro atoms. The van der Waals surface area contributed by atoms with E-state index in [-0.39, 0.29) is 12.4 Å². The van der Waals surface area contributed by atoms with E-state index < -0.39 is 17.6 Å². The van der Waals surface area contributed by atoms with Gasteiger partial charge in [-0.15, -0.1) is 12.4 Å². The Morgan fingerprint density at radius 2 is 1.52 bits per heavy atom. The lowest BCUT2D eigenvalue weighted by molar-refractivity contribution is -0.138. The SMILES string of the molecule is Cl.NC(=O)c1cccc(-c2ccc(CCCc3ccccc3C(F)(F)F)cc2)c1. The van der Waals surface area contributed by atoms with Crippen molar-refractivity contribution in [1.29, 1.82) is 0 Å². The van der Waals surface area contributed by atoms with Gasteiger partial charge in [-0.2, -0.15) is 13.2 Å². The van der Waals surface area contributed by atoms with Crippen molar-refractivity contribution in [2.45, 2.75) is 25.4 Å². The van der Waals surface area contributed by atoms with E-state index in [9.17, 15) is 18.0 Å². The van der Waals surface area contributed by atoms with Crippen LogP contribution in [0.1, 0.15) is 33.5 Å². The van der Waals surface area contributed by atoms with Crippen molar-refractivity contribution in [3.8, 4) is 11.1 Å². The Morgan fingerprint density at radius 1 is 0.828 bits per heavy atom. The number of hydrogen-bond donors (Lipinski definition) is 1. The molecule has 2 N–H and O–H groups in total. The van der Waals surface area contributed by atoms with Gasteiger partial charge in [-0.25, -0.2) is 0 Å². The molecule has 0 saturated heterocycles. The smallest absolute Gasteiger partial charge is 0.366 e. The number of primary amides is 1. The van der Waals surface area contributed by atoms with Crippen LogP contribution in [-0.4, -0.2) is 5.91 Å². The molecule has 0 bridgehead atoms. The molecule has 6 heteroatoms. The van der Waals surface area contributed by atoms with Gasteiger partial charge < -0.3 is 5.73 Å². The number of alkyl halides is 3. The number of rotatable bonds is 6. The maximum Gasteiger partial charge on any atom is 0.416 e. The van der Waals surface area contributed by atoms with Gasteiger partial charge in [0, 0.05) is 5.56 Å². The first kappa shape index (κ1) is 22.5. The topological polar surface area (TPSA) is 43.1 Å². The normalized spacial score (nSPS) is 11.0. The molecule has 29 heavy (non-hydrogen) atoms. The summed E-state index contributed by atoms with van der Waals surface area (Å²) in [6.07, 6.45) is -2.63. The summed E-state index contributed by atoms with van der Waals surface area (Å²) in [4.78, 5) is 11.3. The second-order valence-electron chi connectivity index (χ2n) is 6.65. The summed E-state index contributed by atoms with van der Waals surface area (Å²) in [6, 6.07) is 20.6. The molecule has 0 fully saturated rings. The molecule has 0 aromatic heterocycles. The minimum absolute atomic E-state index is 0. The third-order valence-corrected chi connectivity index (χ3v) is 4.67. The van der Waals surface area contributed by atoms with Crippen molar-refractivity contribution in [2.24, 2.45) is 5.73 Å². The molecule has 1 amide bonds. The van der Waals surface area contributed by atoms with E-state index in [2.05, 4.69) is 0 Å². The van der Waals surface area contributed by atoms with Crippen LogP contribution in [0.2, 0.25) is 0 Å². The molecule has 0 aliphatic heterocycles. The van der Waals surface area contributed by atoms with Crippen LogP contribution in [0.25, 0.3) is 11.1 Å². The molecule has 3 aromatic rings. The maximum absolute atomic E-state index is 13.1. The van der Waals surface area contributed by atoms with Crippen LogP contribution < -0.4 is 5.73 Å². The second kappa shape index (κ2) is 9.61. The highest BCUT2D eigenvalue weighted by Crippen LogP contribution is 2.32. The van der Waals surface area contributed by atoms with Crippen LogP contribution in [0.4, 0.5) is 13.2 Å². The summed E-state index contributed by atoms with van der Waals surface area (Å²) in [5.74, 6) is -0.474. The fourth-order valence-corrected chi connectivity index (χ4v) is 3.21. The molecule has 152 valence electrons. The van der Waals surface area contributed by atoms with Crippen LogP contribution >= 0.6 is 12.4 Å². The fourth-order valence-electron chi connectivity index (χ4n) is 3.21. The molecule has 0 radical (unpaired) electrons. The largest absolute Gasteiger partial charge is 0.416 e. The van der Waals surface area contributed by atoms with Crippen molar-refractivity contribution in [2.75, 3.05) is 0 Å². The first-order chi connectivity index (χ1) is 13.3. The zero-order valence-electron chi connectivity index (χ0n) is 15.6. The van der Waals surface area contributed by atoms with Crippen LogP contribution in [0.15, 0.2) is 72.8 Å². The predicted octanol–water partition coefficient (Wildman–Crippen LogP) is 6.07. The summed E-state index contributed by atoms with van der Waals surface area (Å²) in [7, 11) is 0. The number of benzene rings is 3. The molecule has 0 heterocycles. The molecule has 3 aromatic carbocycles. The molecule has 0 saturated carbocycles. The monoisotopic (exact) mass is 419 g/mol. The van der Waals surface area contributed by atoms with E-state index >= 15 is 0 Å². The number of carbonyl (C=O) groups is 1. The van der Waals surface area contributed by atoms with Gasteiger partial charge in [-0.1, -0.05) is 54.6 Å². The van der Waals surface area contributed by atoms with Gasteiger partial charge in [0.1, 0.15) is 0 Å². The third-order valence-electron chi connectivity index (χ3n) is 4.67. The Bertz CT molecular complexity index is 968. The second-order valence-corrected chi connectivity index (χ2v) is 6.65. The van der Waals surface area contributed by atoms with Crippen LogP contribution in [-0.2, 0) is 19.0 Å². The van der Waals surface area contributed by atoms with Gasteiger partial charge in [-0.05, 0) is 59.7 Å². The van der Waals surface area contributed by atoms with E-state index in [1.165, 1.54) is 12.1 Å². The van der Waals surface area contributed by atoms with Crippen molar-refractivity contribution in [3.63, 3.8) is 0 Å². The lowest BCUT2D eigenvalue weighted by Gasteiger charge is -2.12. The van der Waals surface area contributed by atoms with Gasteiger partial charge in [0.25, 0.3) is 0 Å². The Morgan fingerprint density at radius 3 is 2.17 bits per heavy atom. The number of aryl methyl sites for hydroxylation is 2. The first-order valence-corrected chi connectivity index (χ1v) is 8.99. The highest BCUT2D eigenvalue weighted by atomic mass is 35.5. The van der Waals surface area contributed by atoms with Crippen molar-refractivity contribution in [1.82, 2.24) is 0 Å². The van der Waals surface area contributed by atoms with Gasteiger partial charge in [-0.3, -0.25) is 4.79 Å². The first-order valence-electron chi connectivity index (χ1n) is 8.99. The molecule has 0 atom stereocenters. The maximum atomic E-state index is 13.1. The summed E-state index contributed by atoms with van der Waals surface area (Å²) in [5.41, 5.74) is 8.44. The van der Waals surface area contributed by atoms with E-state index in [0.717, 1.165) is 22.8 Å². The summed E-state index contributed by atoms with van der Waals surface area (Å²) in [5, 5.41) is 0. The Balaban J connectivity index is 0.00000300. The zero-order valence-corrected chi connectivity index (χ0v) is 16.4. The lowest BCUT2D eigenvalue weighted by atomic mass is 9.97. The molecule has 0 aliphatic rings. The van der Waals surface area contributed by atoms with E-state index in [4.69, 9.17) is 5.73 Å². The van der Waals surface area contributed by atoms with Crippen LogP contribution in [0, 0.1) is 0 Å². The molecule has 0 unspecified atom stereocenters. The van der Waals surface area contributed by atoms with Crippen molar-refractivity contribution >= 4 is 18.3 Å². The van der Waals surface area contributed by atoms with Crippen molar-refractivity contribution in [3.05, 3.63) is 95.1 Å². The number of hydrogen-bond acceptors (Lipinski definition) is 1. The minimum atomic E-state index is -4.32. The molecule has 3 rings (SSSR count). The standard InChI is InChI=1S/C23H20F3NO.ClH/c24-23(25,26)21-10-2-1-6-18(21)7-3-5-16-11-13-17(14-12-16)19-8-4-9-20(15-19)22(27)28;/h1-2,4,6,8-15H,3,5,7H2,(H2,27,28);1H. The Kier molecular flexibility index (Phi) is 7.46. The number of amides is 1. The van der Waals surface area contributed by atoms with Gasteiger partial charge >= 0.3 is 6.18 Å². The third kappa shape index (κ3) is 5.84. The predicted molar refractivity (Wildman–Crippen MR) is 111 cm³/mol. The van der Waals surface area contributed by atoms with Crippen molar-refractivity contribution < 1.29 is 18.0 Å². The van der Waals surface area contributed by atoms with Gasteiger partial charge in [0.05, 0.1) is 5.56 Å². The van der Waals surface area contributed by atoms with Crippen LogP contribution in [0.5, 0.6) is 0 Å². The van der Waals surface area contributed by atoms with E-state index in [1.54, 1.807) is 24.3 Å². The average molecular weight is 420 g/mol. The number of nitrogens with two attached hydrogens (primary N) is 1. The quantitative estimate of drug-likeness (QED) is 0.517.